The molecule has 0 aliphatic heterocycles. The Balaban J connectivity index is 2.00. The number of rotatable bonds is 10. The van der Waals surface area contributed by atoms with Crippen LogP contribution in [0.3, 0.4) is 0 Å². The van der Waals surface area contributed by atoms with Crippen LogP contribution < -0.4 is 14.2 Å². The first-order valence-corrected chi connectivity index (χ1v) is 10.7. The van der Waals surface area contributed by atoms with Crippen LogP contribution in [0.4, 0.5) is 0 Å². The van der Waals surface area contributed by atoms with E-state index < -0.39 is 0 Å². The van der Waals surface area contributed by atoms with Crippen LogP contribution in [0.15, 0.2) is 47.1 Å². The summed E-state index contributed by atoms with van der Waals surface area (Å²) in [5, 5.41) is 0. The first-order chi connectivity index (χ1) is 14.0. The molecule has 1 aliphatic carbocycles. The number of benzene rings is 1. The van der Waals surface area contributed by atoms with Crippen LogP contribution in [-0.4, -0.2) is 21.3 Å². The highest BCUT2D eigenvalue weighted by molar-refractivity contribution is 5.52. The standard InChI is InChI=1S/C26H38O3/c1-19(2)10-7-11-20(3)12-8-13-21-14-9-15-22(16-21)23-17-25(28-5)26(29-6)18-24(23)27-4/h10,12,14,17-18,22H,7-9,11,13,15-16H2,1-6H3/b20-12-/t22-/m1/s1. The molecular weight excluding hydrogens is 360 g/mol. The summed E-state index contributed by atoms with van der Waals surface area (Å²) in [6.07, 6.45) is 15.1. The maximum absolute atomic E-state index is 5.67. The molecule has 0 bridgehead atoms. The van der Waals surface area contributed by atoms with Crippen molar-refractivity contribution in [1.82, 2.24) is 0 Å². The average Bonchev–Trinajstić information content (AvgIpc) is 2.72. The van der Waals surface area contributed by atoms with E-state index in [1.807, 2.05) is 6.07 Å². The lowest BCUT2D eigenvalue weighted by atomic mass is 9.82. The van der Waals surface area contributed by atoms with E-state index in [-0.39, 0.29) is 0 Å². The molecule has 3 heteroatoms. The minimum absolute atomic E-state index is 0.465. The second-order valence-corrected chi connectivity index (χ2v) is 8.20. The third kappa shape index (κ3) is 6.99. The Bertz CT molecular complexity index is 751. The lowest BCUT2D eigenvalue weighted by Gasteiger charge is -2.25. The maximum Gasteiger partial charge on any atom is 0.164 e. The predicted molar refractivity (Wildman–Crippen MR) is 122 cm³/mol. The molecule has 0 unspecified atom stereocenters. The van der Waals surface area contributed by atoms with Gasteiger partial charge < -0.3 is 14.2 Å². The number of methoxy groups -OCH3 is 3. The van der Waals surface area contributed by atoms with Gasteiger partial charge in [-0.2, -0.15) is 0 Å². The van der Waals surface area contributed by atoms with Gasteiger partial charge in [-0.3, -0.25) is 0 Å². The third-order valence-electron chi connectivity index (χ3n) is 5.68. The highest BCUT2D eigenvalue weighted by Crippen LogP contribution is 2.43. The van der Waals surface area contributed by atoms with Crippen LogP contribution in [0, 0.1) is 0 Å². The normalized spacial score (nSPS) is 16.8. The van der Waals surface area contributed by atoms with Crippen LogP contribution in [0.2, 0.25) is 0 Å². The summed E-state index contributed by atoms with van der Waals surface area (Å²) in [5.74, 6) is 2.85. The fourth-order valence-corrected chi connectivity index (χ4v) is 4.03. The van der Waals surface area contributed by atoms with Gasteiger partial charge in [0, 0.05) is 11.6 Å². The van der Waals surface area contributed by atoms with E-state index in [9.17, 15) is 0 Å². The fourth-order valence-electron chi connectivity index (χ4n) is 4.03. The van der Waals surface area contributed by atoms with Gasteiger partial charge in [0.05, 0.1) is 21.3 Å². The van der Waals surface area contributed by atoms with E-state index in [0.717, 1.165) is 56.4 Å². The molecule has 0 amide bonds. The molecule has 1 atom stereocenters. The highest BCUT2D eigenvalue weighted by Gasteiger charge is 2.23. The zero-order valence-corrected chi connectivity index (χ0v) is 19.1. The van der Waals surface area contributed by atoms with Crippen LogP contribution in [0.5, 0.6) is 17.2 Å². The van der Waals surface area contributed by atoms with Crippen LogP contribution in [-0.2, 0) is 0 Å². The van der Waals surface area contributed by atoms with E-state index in [2.05, 4.69) is 45.1 Å². The third-order valence-corrected chi connectivity index (χ3v) is 5.68. The molecular formula is C26H38O3. The van der Waals surface area contributed by atoms with Gasteiger partial charge in [-0.25, -0.2) is 0 Å². The molecule has 160 valence electrons. The van der Waals surface area contributed by atoms with E-state index >= 15 is 0 Å². The molecule has 1 aliphatic rings. The van der Waals surface area contributed by atoms with Crippen molar-refractivity contribution in [3.63, 3.8) is 0 Å². The Morgan fingerprint density at radius 3 is 2.28 bits per heavy atom. The number of allylic oxidation sites excluding steroid dienone is 6. The van der Waals surface area contributed by atoms with Gasteiger partial charge in [-0.1, -0.05) is 34.9 Å². The van der Waals surface area contributed by atoms with Crippen molar-refractivity contribution < 1.29 is 14.2 Å². The van der Waals surface area contributed by atoms with Crippen molar-refractivity contribution in [2.45, 2.75) is 71.6 Å². The van der Waals surface area contributed by atoms with Crippen molar-refractivity contribution in [1.29, 1.82) is 0 Å². The largest absolute Gasteiger partial charge is 0.496 e. The van der Waals surface area contributed by atoms with Crippen molar-refractivity contribution in [3.8, 4) is 17.2 Å². The van der Waals surface area contributed by atoms with Crippen LogP contribution in [0.1, 0.15) is 77.2 Å². The Morgan fingerprint density at radius 2 is 1.62 bits per heavy atom. The predicted octanol–water partition coefficient (Wildman–Crippen LogP) is 7.38. The summed E-state index contributed by atoms with van der Waals surface area (Å²) in [6, 6.07) is 4.04. The summed E-state index contributed by atoms with van der Waals surface area (Å²) in [7, 11) is 5.08. The quantitative estimate of drug-likeness (QED) is 0.385. The van der Waals surface area contributed by atoms with Crippen molar-refractivity contribution >= 4 is 0 Å². The summed E-state index contributed by atoms with van der Waals surface area (Å²) in [6.45, 7) is 6.59. The lowest BCUT2D eigenvalue weighted by molar-refractivity contribution is 0.345. The van der Waals surface area contributed by atoms with Crippen LogP contribution >= 0.6 is 0 Å². The average molecular weight is 399 g/mol. The monoisotopic (exact) mass is 398 g/mol. The molecule has 0 heterocycles. The molecule has 0 saturated carbocycles. The van der Waals surface area contributed by atoms with E-state index in [1.54, 1.807) is 26.9 Å². The Kier molecular flexibility index (Phi) is 9.37. The SMILES string of the molecule is COc1cc(OC)c([C@@H]2CCC=C(CC/C=C(/C)CCC=C(C)C)C2)cc1OC. The maximum atomic E-state index is 5.67. The van der Waals surface area contributed by atoms with E-state index in [0.29, 0.717) is 11.7 Å². The number of ether oxygens (including phenoxy) is 3. The van der Waals surface area contributed by atoms with Gasteiger partial charge in [0.1, 0.15) is 5.75 Å². The molecule has 1 aromatic rings. The molecule has 3 nitrogen and oxygen atoms in total. The highest BCUT2D eigenvalue weighted by atomic mass is 16.5. The molecule has 0 aromatic heterocycles. The Morgan fingerprint density at radius 1 is 0.931 bits per heavy atom. The topological polar surface area (TPSA) is 27.7 Å². The smallest absolute Gasteiger partial charge is 0.164 e. The lowest BCUT2D eigenvalue weighted by Crippen LogP contribution is -2.08. The minimum atomic E-state index is 0.465. The van der Waals surface area contributed by atoms with Gasteiger partial charge >= 0.3 is 0 Å². The summed E-state index contributed by atoms with van der Waals surface area (Å²) < 4.78 is 16.6. The van der Waals surface area contributed by atoms with Crippen LogP contribution in [0.25, 0.3) is 0 Å². The zero-order chi connectivity index (χ0) is 21.2. The second kappa shape index (κ2) is 11.7. The second-order valence-electron chi connectivity index (χ2n) is 8.20. The van der Waals surface area contributed by atoms with Gasteiger partial charge in [-0.05, 0) is 77.7 Å². The molecule has 0 radical (unpaired) electrons. The number of hydrogen-bond donors (Lipinski definition) is 0. The molecule has 0 spiro atoms. The molecule has 29 heavy (non-hydrogen) atoms. The molecule has 0 N–H and O–H groups in total. The Hall–Kier alpha value is -2.16. The fraction of sp³-hybridized carbons (Fsp3) is 0.538. The van der Waals surface area contributed by atoms with Gasteiger partial charge in [0.25, 0.3) is 0 Å². The molecule has 2 rings (SSSR count). The summed E-state index contributed by atoms with van der Waals surface area (Å²) in [4.78, 5) is 0. The zero-order valence-electron chi connectivity index (χ0n) is 19.1. The van der Waals surface area contributed by atoms with E-state index in [1.165, 1.54) is 16.7 Å². The van der Waals surface area contributed by atoms with Crippen molar-refractivity contribution in [2.24, 2.45) is 0 Å². The molecule has 0 fully saturated rings. The first-order valence-electron chi connectivity index (χ1n) is 10.7. The minimum Gasteiger partial charge on any atom is -0.496 e. The van der Waals surface area contributed by atoms with Gasteiger partial charge in [0.15, 0.2) is 11.5 Å². The molecule has 1 aromatic carbocycles. The van der Waals surface area contributed by atoms with E-state index in [4.69, 9.17) is 14.2 Å². The van der Waals surface area contributed by atoms with Crippen molar-refractivity contribution in [2.75, 3.05) is 21.3 Å². The summed E-state index contributed by atoms with van der Waals surface area (Å²) in [5.41, 5.74) is 5.69. The number of hydrogen-bond acceptors (Lipinski definition) is 3. The molecule has 0 saturated heterocycles. The van der Waals surface area contributed by atoms with Crippen molar-refractivity contribution in [3.05, 3.63) is 52.6 Å². The van der Waals surface area contributed by atoms with Gasteiger partial charge in [0.2, 0.25) is 0 Å². The summed E-state index contributed by atoms with van der Waals surface area (Å²) >= 11 is 0. The Labute approximate surface area is 177 Å². The first kappa shape index (κ1) is 23.1. The van der Waals surface area contributed by atoms with Gasteiger partial charge in [-0.15, -0.1) is 0 Å².